The van der Waals surface area contributed by atoms with Crippen molar-refractivity contribution < 1.29 is 4.48 Å². The average molecular weight is 152 g/mol. The van der Waals surface area contributed by atoms with Crippen LogP contribution in [0.4, 0.5) is 4.48 Å². The molecule has 0 aliphatic carbocycles. The van der Waals surface area contributed by atoms with Gasteiger partial charge in [0.15, 0.2) is 0 Å². The van der Waals surface area contributed by atoms with Crippen LogP contribution in [0.15, 0.2) is 5.10 Å². The molecule has 0 amide bonds. The number of nitrogens with zero attached hydrogens (tertiary/aromatic N) is 3. The Labute approximate surface area is 57.6 Å². The van der Waals surface area contributed by atoms with Gasteiger partial charge in [-0.2, -0.15) is 10.2 Å². The molecule has 1 atom stereocenters. The molecule has 0 saturated carbocycles. The highest BCUT2D eigenvalue weighted by Gasteiger charge is 2.23. The molecule has 0 spiro atoms. The van der Waals surface area contributed by atoms with E-state index in [0.29, 0.717) is 11.7 Å². The van der Waals surface area contributed by atoms with Crippen molar-refractivity contribution in [1.82, 2.24) is 10.1 Å². The Morgan fingerprint density at radius 1 is 1.89 bits per heavy atom. The topological polar surface area (TPSA) is 18.8 Å². The van der Waals surface area contributed by atoms with E-state index in [1.165, 1.54) is 5.01 Å². The summed E-state index contributed by atoms with van der Waals surface area (Å²) in [6.07, 6.45) is 1.06. The molecule has 0 bridgehead atoms. The fraction of sp³-hybridized carbons (Fsp3) is 0.750. The lowest BCUT2D eigenvalue weighted by Gasteiger charge is -2.16. The average Bonchev–Trinajstić information content (AvgIpc) is 2.15. The van der Waals surface area contributed by atoms with E-state index in [-0.39, 0.29) is 0 Å². The molecule has 1 rings (SSSR count). The van der Waals surface area contributed by atoms with Crippen molar-refractivity contribution in [3.05, 3.63) is 0 Å². The molecule has 0 radical (unpaired) electrons. The Kier molecular flexibility index (Phi) is 1.75. The van der Waals surface area contributed by atoms with Crippen LogP contribution in [-0.2, 0) is 0 Å². The first kappa shape index (κ1) is 6.61. The molecule has 0 aromatic heterocycles. The van der Waals surface area contributed by atoms with E-state index < -0.39 is 5.62 Å². The predicted molar refractivity (Wildman–Crippen MR) is 33.5 cm³/mol. The number of hydrogen-bond donors (Lipinski definition) is 0. The second-order valence-electron chi connectivity index (χ2n) is 1.64. The maximum absolute atomic E-state index is 12.3. The van der Waals surface area contributed by atoms with E-state index in [0.717, 1.165) is 6.34 Å². The molecule has 0 saturated heterocycles. The molecule has 1 heterocycles. The van der Waals surface area contributed by atoms with Gasteiger partial charge in [-0.1, -0.05) is 16.1 Å². The molecule has 0 aromatic rings. The first-order valence-electron chi connectivity index (χ1n) is 2.64. The Bertz CT molecular complexity index is 129. The number of rotatable bonds is 1. The lowest BCUT2D eigenvalue weighted by atomic mass is 10.7. The van der Waals surface area contributed by atoms with Gasteiger partial charge in [0.25, 0.3) is 0 Å². The normalized spacial score (nSPS) is 25.9. The Morgan fingerprint density at radius 2 is 2.56 bits per heavy atom. The molecule has 5 heteroatoms. The first-order valence-corrected chi connectivity index (χ1v) is 3.08. The highest BCUT2D eigenvalue weighted by molar-refractivity contribution is 6.20. The minimum atomic E-state index is -0.755. The van der Waals surface area contributed by atoms with Gasteiger partial charge < -0.3 is 0 Å². The zero-order valence-corrected chi connectivity index (χ0v) is 5.72. The molecular formula is C4H7ClFN3. The van der Waals surface area contributed by atoms with Crippen molar-refractivity contribution in [3.8, 4) is 0 Å². The lowest BCUT2D eigenvalue weighted by Crippen LogP contribution is -2.29. The maximum Gasteiger partial charge on any atom is 0.224 e. The highest BCUT2D eigenvalue weighted by atomic mass is 35.5. The van der Waals surface area contributed by atoms with Crippen LogP contribution in [0, 0.1) is 0 Å². The Morgan fingerprint density at radius 3 is 2.78 bits per heavy atom. The summed E-state index contributed by atoms with van der Waals surface area (Å²) in [5, 5.41) is 5.43. The number of hydrogen-bond acceptors (Lipinski definition) is 3. The SMILES string of the molecule is CCN1N=CN(F)C1Cl. The molecule has 52 valence electrons. The van der Waals surface area contributed by atoms with Crippen LogP contribution in [0.2, 0.25) is 0 Å². The zero-order valence-electron chi connectivity index (χ0n) is 4.96. The first-order chi connectivity index (χ1) is 4.25. The minimum Gasteiger partial charge on any atom is -0.257 e. The summed E-state index contributed by atoms with van der Waals surface area (Å²) in [7, 11) is 0. The molecule has 0 N–H and O–H groups in total. The second-order valence-corrected chi connectivity index (χ2v) is 2.03. The van der Waals surface area contributed by atoms with Crippen LogP contribution in [0.1, 0.15) is 6.92 Å². The second kappa shape index (κ2) is 2.39. The minimum absolute atomic E-state index is 0.352. The molecule has 0 aromatic carbocycles. The van der Waals surface area contributed by atoms with Gasteiger partial charge in [-0.25, -0.2) is 0 Å². The van der Waals surface area contributed by atoms with Crippen molar-refractivity contribution in [2.45, 2.75) is 12.5 Å². The lowest BCUT2D eigenvalue weighted by molar-refractivity contribution is 0.0561. The van der Waals surface area contributed by atoms with Gasteiger partial charge >= 0.3 is 0 Å². The van der Waals surface area contributed by atoms with E-state index in [4.69, 9.17) is 11.6 Å². The third-order valence-electron chi connectivity index (χ3n) is 1.08. The van der Waals surface area contributed by atoms with E-state index in [1.54, 1.807) is 0 Å². The van der Waals surface area contributed by atoms with Crippen LogP contribution >= 0.6 is 11.6 Å². The quantitative estimate of drug-likeness (QED) is 0.316. The number of hydrazone groups is 1. The monoisotopic (exact) mass is 151 g/mol. The van der Waals surface area contributed by atoms with Crippen LogP contribution < -0.4 is 0 Å². The standard InChI is InChI=1S/C4H7ClFN3/c1-2-9-4(5)8(6)3-7-9/h3-4H,2H2,1H3. The van der Waals surface area contributed by atoms with Crippen molar-refractivity contribution in [1.29, 1.82) is 0 Å². The molecule has 1 unspecified atom stereocenters. The fourth-order valence-corrected chi connectivity index (χ4v) is 0.824. The van der Waals surface area contributed by atoms with Gasteiger partial charge in [0, 0.05) is 6.54 Å². The predicted octanol–water partition coefficient (Wildman–Crippen LogP) is 0.974. The summed E-state index contributed by atoms with van der Waals surface area (Å²) in [5.41, 5.74) is -0.755. The van der Waals surface area contributed by atoms with Crippen molar-refractivity contribution in [3.63, 3.8) is 0 Å². The Hall–Kier alpha value is -0.510. The van der Waals surface area contributed by atoms with Gasteiger partial charge in [-0.05, 0) is 6.92 Å². The van der Waals surface area contributed by atoms with Gasteiger partial charge in [0.1, 0.15) is 6.34 Å². The van der Waals surface area contributed by atoms with Crippen molar-refractivity contribution >= 4 is 17.9 Å². The number of halogens is 2. The number of alkyl halides is 1. The molecular weight excluding hydrogens is 145 g/mol. The zero-order chi connectivity index (χ0) is 6.85. The fourth-order valence-electron chi connectivity index (χ4n) is 0.585. The van der Waals surface area contributed by atoms with Crippen LogP contribution in [0.5, 0.6) is 0 Å². The molecule has 3 nitrogen and oxygen atoms in total. The summed E-state index contributed by atoms with van der Waals surface area (Å²) in [4.78, 5) is 0. The van der Waals surface area contributed by atoms with Gasteiger partial charge in [-0.15, -0.1) is 0 Å². The third-order valence-corrected chi connectivity index (χ3v) is 1.50. The summed E-state index contributed by atoms with van der Waals surface area (Å²) in [6, 6.07) is 0. The van der Waals surface area contributed by atoms with Crippen molar-refractivity contribution in [2.75, 3.05) is 6.54 Å². The van der Waals surface area contributed by atoms with Crippen LogP contribution in [-0.4, -0.2) is 28.6 Å². The van der Waals surface area contributed by atoms with Crippen LogP contribution in [0.3, 0.4) is 0 Å². The van der Waals surface area contributed by atoms with E-state index >= 15 is 0 Å². The molecule has 1 aliphatic rings. The van der Waals surface area contributed by atoms with Gasteiger partial charge in [0.05, 0.1) is 0 Å². The molecule has 0 fully saturated rings. The van der Waals surface area contributed by atoms with E-state index in [2.05, 4.69) is 5.10 Å². The smallest absolute Gasteiger partial charge is 0.224 e. The van der Waals surface area contributed by atoms with Gasteiger partial charge in [0.2, 0.25) is 5.62 Å². The summed E-state index contributed by atoms with van der Waals surface area (Å²) >= 11 is 5.48. The van der Waals surface area contributed by atoms with Crippen molar-refractivity contribution in [2.24, 2.45) is 5.10 Å². The van der Waals surface area contributed by atoms with E-state index in [1.807, 2.05) is 6.92 Å². The summed E-state index contributed by atoms with van der Waals surface area (Å²) in [6.45, 7) is 2.47. The van der Waals surface area contributed by atoms with Gasteiger partial charge in [-0.3, -0.25) is 5.01 Å². The third kappa shape index (κ3) is 1.08. The Balaban J connectivity index is 2.51. The summed E-state index contributed by atoms with van der Waals surface area (Å²) < 4.78 is 12.3. The summed E-state index contributed by atoms with van der Waals surface area (Å²) in [5.74, 6) is 0. The van der Waals surface area contributed by atoms with E-state index in [9.17, 15) is 4.48 Å². The highest BCUT2D eigenvalue weighted by Crippen LogP contribution is 2.14. The maximum atomic E-state index is 12.3. The largest absolute Gasteiger partial charge is 0.257 e. The van der Waals surface area contributed by atoms with Crippen LogP contribution in [0.25, 0.3) is 0 Å². The molecule has 9 heavy (non-hydrogen) atoms. The molecule has 1 aliphatic heterocycles.